The van der Waals surface area contributed by atoms with Gasteiger partial charge in [-0.3, -0.25) is 9.48 Å². The molecule has 6 heteroatoms. The van der Waals surface area contributed by atoms with Crippen LogP contribution < -0.4 is 5.32 Å². The minimum absolute atomic E-state index is 0. The molecule has 2 aliphatic rings. The molecule has 1 N–H and O–H groups in total. The molecule has 2 fully saturated rings. The molecule has 0 aromatic carbocycles. The third-order valence-corrected chi connectivity index (χ3v) is 5.78. The van der Waals surface area contributed by atoms with E-state index in [1.165, 1.54) is 38.5 Å². The zero-order valence-corrected chi connectivity index (χ0v) is 16.5. The van der Waals surface area contributed by atoms with E-state index in [2.05, 4.69) is 15.3 Å². The van der Waals surface area contributed by atoms with Crippen LogP contribution in [0.5, 0.6) is 0 Å². The highest BCUT2D eigenvalue weighted by Crippen LogP contribution is 2.34. The highest BCUT2D eigenvalue weighted by molar-refractivity contribution is 5.95. The summed E-state index contributed by atoms with van der Waals surface area (Å²) in [5.41, 5.74) is 1.91. The summed E-state index contributed by atoms with van der Waals surface area (Å²) in [6.45, 7) is 2.87. The average Bonchev–Trinajstić information content (AvgIpc) is 3.02. The molecule has 2 heterocycles. The molecule has 1 aliphatic carbocycles. The van der Waals surface area contributed by atoms with Crippen molar-refractivity contribution in [2.24, 2.45) is 13.0 Å². The molecule has 25 heavy (non-hydrogen) atoms. The predicted molar refractivity (Wildman–Crippen MR) is 103 cm³/mol. The molecule has 1 aromatic heterocycles. The highest BCUT2D eigenvalue weighted by atomic mass is 35.5. The number of hydrogen-bond donors (Lipinski definition) is 1. The first-order valence-corrected chi connectivity index (χ1v) is 9.66. The summed E-state index contributed by atoms with van der Waals surface area (Å²) in [5.74, 6) is 1.44. The Morgan fingerprint density at radius 3 is 2.52 bits per heavy atom. The average molecular weight is 369 g/mol. The number of nitrogens with zero attached hydrogens (tertiary/aromatic N) is 3. The Bertz CT molecular complexity index is 546. The molecule has 0 spiro atoms. The van der Waals surface area contributed by atoms with Gasteiger partial charge in [0.25, 0.3) is 5.91 Å². The number of amides is 1. The lowest BCUT2D eigenvalue weighted by molar-refractivity contribution is 0.0685. The fraction of sp³-hybridized carbons (Fsp3) is 0.789. The van der Waals surface area contributed by atoms with Crippen molar-refractivity contribution in [1.29, 1.82) is 0 Å². The molecular formula is C19H33ClN4O. The van der Waals surface area contributed by atoms with Gasteiger partial charge < -0.3 is 10.2 Å². The maximum atomic E-state index is 13.1. The van der Waals surface area contributed by atoms with E-state index in [1.807, 2.05) is 25.0 Å². The van der Waals surface area contributed by atoms with Gasteiger partial charge in [-0.1, -0.05) is 19.3 Å². The molecular weight excluding hydrogens is 336 g/mol. The predicted octanol–water partition coefficient (Wildman–Crippen LogP) is 3.35. The lowest BCUT2D eigenvalue weighted by Gasteiger charge is -2.32. The molecule has 1 aliphatic heterocycles. The fourth-order valence-electron chi connectivity index (χ4n) is 4.29. The molecule has 3 rings (SSSR count). The second kappa shape index (κ2) is 9.58. The van der Waals surface area contributed by atoms with E-state index in [0.29, 0.717) is 5.92 Å². The van der Waals surface area contributed by atoms with Crippen LogP contribution in [0.3, 0.4) is 0 Å². The Morgan fingerprint density at radius 2 is 1.88 bits per heavy atom. The third-order valence-electron chi connectivity index (χ3n) is 5.78. The molecule has 1 amide bonds. The SMILES string of the molecule is CNCCC1CCN(C(=O)c2cn(C)nc2C2CCCCC2)CC1.Cl. The van der Waals surface area contributed by atoms with Crippen molar-refractivity contribution in [3.63, 3.8) is 0 Å². The number of halogens is 1. The van der Waals surface area contributed by atoms with Crippen molar-refractivity contribution < 1.29 is 4.79 Å². The standard InChI is InChI=1S/C19H32N4O.ClH/c1-20-11-8-15-9-12-23(13-10-15)19(24)17-14-22(2)21-18(17)16-6-4-3-5-7-16;/h14-16,20H,3-13H2,1-2H3;1H. The number of nitrogens with one attached hydrogen (secondary N) is 1. The van der Waals surface area contributed by atoms with Crippen LogP contribution in [0.1, 0.15) is 73.3 Å². The minimum Gasteiger partial charge on any atom is -0.339 e. The van der Waals surface area contributed by atoms with Gasteiger partial charge in [-0.15, -0.1) is 12.4 Å². The molecule has 0 atom stereocenters. The van der Waals surface area contributed by atoms with Crippen LogP contribution in [0, 0.1) is 5.92 Å². The minimum atomic E-state index is 0. The Kier molecular flexibility index (Phi) is 7.76. The zero-order valence-electron chi connectivity index (χ0n) is 15.7. The van der Waals surface area contributed by atoms with E-state index in [1.54, 1.807) is 0 Å². The van der Waals surface area contributed by atoms with Gasteiger partial charge in [0.2, 0.25) is 0 Å². The van der Waals surface area contributed by atoms with Crippen molar-refractivity contribution in [2.75, 3.05) is 26.7 Å². The summed E-state index contributed by atoms with van der Waals surface area (Å²) in [6, 6.07) is 0. The maximum absolute atomic E-state index is 13.1. The van der Waals surface area contributed by atoms with Gasteiger partial charge in [0, 0.05) is 32.3 Å². The van der Waals surface area contributed by atoms with E-state index in [0.717, 1.165) is 49.7 Å². The number of hydrogen-bond acceptors (Lipinski definition) is 3. The number of rotatable bonds is 5. The Morgan fingerprint density at radius 1 is 1.20 bits per heavy atom. The molecule has 0 unspecified atom stereocenters. The van der Waals surface area contributed by atoms with E-state index in [4.69, 9.17) is 0 Å². The van der Waals surface area contributed by atoms with E-state index in [9.17, 15) is 4.79 Å². The van der Waals surface area contributed by atoms with Crippen LogP contribution >= 0.6 is 12.4 Å². The lowest BCUT2D eigenvalue weighted by Crippen LogP contribution is -2.39. The first-order chi connectivity index (χ1) is 11.7. The Labute approximate surface area is 157 Å². The van der Waals surface area contributed by atoms with Crippen LogP contribution in [-0.4, -0.2) is 47.3 Å². The van der Waals surface area contributed by atoms with Gasteiger partial charge in [-0.05, 0) is 51.6 Å². The van der Waals surface area contributed by atoms with Crippen LogP contribution in [-0.2, 0) is 7.05 Å². The first kappa shape index (κ1) is 20.2. The van der Waals surface area contributed by atoms with Crippen molar-refractivity contribution in [1.82, 2.24) is 20.0 Å². The van der Waals surface area contributed by atoms with E-state index < -0.39 is 0 Å². The molecule has 1 saturated carbocycles. The highest BCUT2D eigenvalue weighted by Gasteiger charge is 2.29. The monoisotopic (exact) mass is 368 g/mol. The van der Waals surface area contributed by atoms with Crippen LogP contribution in [0.15, 0.2) is 6.20 Å². The maximum Gasteiger partial charge on any atom is 0.257 e. The van der Waals surface area contributed by atoms with Crippen molar-refractivity contribution in [3.05, 3.63) is 17.5 Å². The van der Waals surface area contributed by atoms with Gasteiger partial charge in [0.05, 0.1) is 11.3 Å². The number of aryl methyl sites for hydroxylation is 1. The quantitative estimate of drug-likeness (QED) is 0.867. The smallest absolute Gasteiger partial charge is 0.257 e. The number of carbonyl (C=O) groups excluding carboxylic acids is 1. The Balaban J connectivity index is 0.00000225. The topological polar surface area (TPSA) is 50.2 Å². The van der Waals surface area contributed by atoms with Crippen molar-refractivity contribution in [2.45, 2.75) is 57.3 Å². The normalized spacial score (nSPS) is 19.7. The van der Waals surface area contributed by atoms with Gasteiger partial charge >= 0.3 is 0 Å². The number of aromatic nitrogens is 2. The molecule has 0 bridgehead atoms. The third kappa shape index (κ3) is 4.98. The second-order valence-corrected chi connectivity index (χ2v) is 7.56. The second-order valence-electron chi connectivity index (χ2n) is 7.56. The van der Waals surface area contributed by atoms with Gasteiger partial charge in [0.15, 0.2) is 0 Å². The van der Waals surface area contributed by atoms with Crippen molar-refractivity contribution >= 4 is 18.3 Å². The summed E-state index contributed by atoms with van der Waals surface area (Å²) in [6.07, 6.45) is 11.7. The molecule has 1 saturated heterocycles. The van der Waals surface area contributed by atoms with Crippen LogP contribution in [0.4, 0.5) is 0 Å². The van der Waals surface area contributed by atoms with Crippen LogP contribution in [0.25, 0.3) is 0 Å². The summed E-state index contributed by atoms with van der Waals surface area (Å²) in [4.78, 5) is 15.1. The summed E-state index contributed by atoms with van der Waals surface area (Å²) in [7, 11) is 3.95. The Hall–Kier alpha value is -1.07. The van der Waals surface area contributed by atoms with Gasteiger partial charge in [0.1, 0.15) is 0 Å². The van der Waals surface area contributed by atoms with E-state index >= 15 is 0 Å². The van der Waals surface area contributed by atoms with Gasteiger partial charge in [-0.2, -0.15) is 5.10 Å². The van der Waals surface area contributed by atoms with Gasteiger partial charge in [-0.25, -0.2) is 0 Å². The summed E-state index contributed by atoms with van der Waals surface area (Å²) < 4.78 is 1.83. The van der Waals surface area contributed by atoms with Crippen LogP contribution in [0.2, 0.25) is 0 Å². The zero-order chi connectivity index (χ0) is 16.9. The molecule has 1 aromatic rings. The van der Waals surface area contributed by atoms with E-state index in [-0.39, 0.29) is 18.3 Å². The number of piperidine rings is 1. The molecule has 5 nitrogen and oxygen atoms in total. The summed E-state index contributed by atoms with van der Waals surface area (Å²) in [5, 5.41) is 7.90. The fourth-order valence-corrected chi connectivity index (χ4v) is 4.29. The molecule has 0 radical (unpaired) electrons. The lowest BCUT2D eigenvalue weighted by atomic mass is 9.85. The summed E-state index contributed by atoms with van der Waals surface area (Å²) >= 11 is 0. The first-order valence-electron chi connectivity index (χ1n) is 9.66. The van der Waals surface area contributed by atoms with Crippen molar-refractivity contribution in [3.8, 4) is 0 Å². The number of carbonyl (C=O) groups is 1. The number of likely N-dealkylation sites (tertiary alicyclic amines) is 1. The largest absolute Gasteiger partial charge is 0.339 e. The molecule has 142 valence electrons.